The van der Waals surface area contributed by atoms with Crippen LogP contribution in [-0.4, -0.2) is 17.2 Å². The first-order valence-electron chi connectivity index (χ1n) is 2.74. The van der Waals surface area contributed by atoms with Crippen LogP contribution in [0.25, 0.3) is 0 Å². The third-order valence-corrected chi connectivity index (χ3v) is 0.827. The van der Waals surface area contributed by atoms with E-state index < -0.39 is 7.12 Å². The summed E-state index contributed by atoms with van der Waals surface area (Å²) >= 11 is 0. The lowest BCUT2D eigenvalue weighted by molar-refractivity contribution is 0.406. The second-order valence-corrected chi connectivity index (χ2v) is 1.63. The highest BCUT2D eigenvalue weighted by molar-refractivity contribution is 6.40. The van der Waals surface area contributed by atoms with Gasteiger partial charge < -0.3 is 10.0 Å². The van der Waals surface area contributed by atoms with Crippen molar-refractivity contribution < 1.29 is 10.0 Å². The topological polar surface area (TPSA) is 40.5 Å². The third-order valence-electron chi connectivity index (χ3n) is 0.827. The minimum absolute atomic E-state index is 0.435. The molecule has 0 radical (unpaired) electrons. The highest BCUT2D eigenvalue weighted by atomic mass is 16.4. The highest BCUT2D eigenvalue weighted by Gasteiger charge is 2.01. The number of hydrogen-bond donors (Lipinski definition) is 2. The summed E-state index contributed by atoms with van der Waals surface area (Å²) in [7, 11) is -1.15. The molecule has 0 heterocycles. The van der Waals surface area contributed by atoms with E-state index in [-0.39, 0.29) is 0 Å². The largest absolute Gasteiger partial charge is 0.451 e. The molecule has 0 aromatic heterocycles. The molecule has 2 N–H and O–H groups in total. The second-order valence-electron chi connectivity index (χ2n) is 1.63. The van der Waals surface area contributed by atoms with Crippen LogP contribution in [0.2, 0.25) is 6.32 Å². The monoisotopic (exact) mass is 114 g/mol. The molecule has 0 rings (SSSR count). The van der Waals surface area contributed by atoms with Crippen molar-refractivity contribution in [2.75, 3.05) is 0 Å². The lowest BCUT2D eigenvalue weighted by Crippen LogP contribution is -2.08. The number of allylic oxidation sites excluding steroid dienone is 2. The van der Waals surface area contributed by atoms with E-state index in [0.29, 0.717) is 6.32 Å². The van der Waals surface area contributed by atoms with Crippen LogP contribution < -0.4 is 0 Å². The number of rotatable bonds is 3. The molecule has 0 atom stereocenters. The Morgan fingerprint density at radius 1 is 1.50 bits per heavy atom. The van der Waals surface area contributed by atoms with Gasteiger partial charge in [0.1, 0.15) is 0 Å². The molecule has 8 heavy (non-hydrogen) atoms. The quantitative estimate of drug-likeness (QED) is 0.412. The van der Waals surface area contributed by atoms with Gasteiger partial charge in [0.15, 0.2) is 0 Å². The van der Waals surface area contributed by atoms with Crippen molar-refractivity contribution >= 4 is 7.12 Å². The van der Waals surface area contributed by atoms with E-state index in [1.807, 2.05) is 19.1 Å². The van der Waals surface area contributed by atoms with E-state index in [1.165, 1.54) is 0 Å². The SMILES string of the molecule is C/C=C\CCB(O)O. The van der Waals surface area contributed by atoms with Crippen LogP contribution in [0.5, 0.6) is 0 Å². The van der Waals surface area contributed by atoms with Crippen molar-refractivity contribution in [2.24, 2.45) is 0 Å². The summed E-state index contributed by atoms with van der Waals surface area (Å²) in [6, 6.07) is 0. The van der Waals surface area contributed by atoms with Gasteiger partial charge in [0.2, 0.25) is 0 Å². The maximum Gasteiger partial charge on any atom is 0.451 e. The van der Waals surface area contributed by atoms with Crippen LogP contribution >= 0.6 is 0 Å². The van der Waals surface area contributed by atoms with E-state index in [9.17, 15) is 0 Å². The van der Waals surface area contributed by atoms with Gasteiger partial charge in [0.05, 0.1) is 0 Å². The molecule has 0 bridgehead atoms. The molecule has 3 heteroatoms. The van der Waals surface area contributed by atoms with Crippen molar-refractivity contribution in [3.63, 3.8) is 0 Å². The van der Waals surface area contributed by atoms with E-state index in [1.54, 1.807) is 0 Å². The summed E-state index contributed by atoms with van der Waals surface area (Å²) in [4.78, 5) is 0. The molecule has 0 saturated carbocycles. The Bertz CT molecular complexity index is 70.8. The molecule has 0 spiro atoms. The fourth-order valence-corrected chi connectivity index (χ4v) is 0.412. The Balaban J connectivity index is 2.93. The van der Waals surface area contributed by atoms with E-state index in [0.717, 1.165) is 6.42 Å². The van der Waals surface area contributed by atoms with Gasteiger partial charge in [0, 0.05) is 0 Å². The normalized spacial score (nSPS) is 10.4. The first-order chi connectivity index (χ1) is 3.77. The second kappa shape index (κ2) is 4.87. The molecule has 0 unspecified atom stereocenters. The molecule has 2 nitrogen and oxygen atoms in total. The fourth-order valence-electron chi connectivity index (χ4n) is 0.412. The molecule has 0 aromatic rings. The maximum absolute atomic E-state index is 8.30. The minimum atomic E-state index is -1.15. The summed E-state index contributed by atoms with van der Waals surface area (Å²) < 4.78 is 0. The zero-order chi connectivity index (χ0) is 6.41. The third kappa shape index (κ3) is 5.72. The Morgan fingerprint density at radius 2 is 2.12 bits per heavy atom. The summed E-state index contributed by atoms with van der Waals surface area (Å²) in [5.74, 6) is 0. The molecular weight excluding hydrogens is 103 g/mol. The Kier molecular flexibility index (Phi) is 4.71. The predicted molar refractivity (Wildman–Crippen MR) is 34.4 cm³/mol. The van der Waals surface area contributed by atoms with Crippen LogP contribution in [0.3, 0.4) is 0 Å². The molecule has 0 aliphatic carbocycles. The van der Waals surface area contributed by atoms with Gasteiger partial charge >= 0.3 is 7.12 Å². The fraction of sp³-hybridized carbons (Fsp3) is 0.600. The Morgan fingerprint density at radius 3 is 2.50 bits per heavy atom. The molecular formula is C5H11BO2. The van der Waals surface area contributed by atoms with Crippen molar-refractivity contribution in [2.45, 2.75) is 19.7 Å². The molecule has 0 aliphatic heterocycles. The smallest absolute Gasteiger partial charge is 0.427 e. The lowest BCUT2D eigenvalue weighted by Gasteiger charge is -1.90. The van der Waals surface area contributed by atoms with Gasteiger partial charge in [-0.25, -0.2) is 0 Å². The zero-order valence-electron chi connectivity index (χ0n) is 5.04. The summed E-state index contributed by atoms with van der Waals surface area (Å²) in [6.07, 6.45) is 4.97. The van der Waals surface area contributed by atoms with E-state index in [4.69, 9.17) is 10.0 Å². The van der Waals surface area contributed by atoms with Gasteiger partial charge in [-0.2, -0.15) is 0 Å². The van der Waals surface area contributed by atoms with E-state index in [2.05, 4.69) is 0 Å². The number of hydrogen-bond acceptors (Lipinski definition) is 2. The van der Waals surface area contributed by atoms with Crippen LogP contribution in [0.1, 0.15) is 13.3 Å². The van der Waals surface area contributed by atoms with Gasteiger partial charge in [-0.15, -0.1) is 0 Å². The molecule has 0 fully saturated rings. The maximum atomic E-state index is 8.30. The average Bonchev–Trinajstić information content (AvgIpc) is 1.66. The molecule has 0 aliphatic rings. The van der Waals surface area contributed by atoms with Gasteiger partial charge in [-0.1, -0.05) is 12.2 Å². The van der Waals surface area contributed by atoms with Crippen molar-refractivity contribution in [1.29, 1.82) is 0 Å². The highest BCUT2D eigenvalue weighted by Crippen LogP contribution is 1.92. The molecule has 0 amide bonds. The first kappa shape index (κ1) is 7.72. The van der Waals surface area contributed by atoms with Crippen LogP contribution in [-0.2, 0) is 0 Å². The van der Waals surface area contributed by atoms with Gasteiger partial charge in [0.25, 0.3) is 0 Å². The van der Waals surface area contributed by atoms with E-state index >= 15 is 0 Å². The van der Waals surface area contributed by atoms with Gasteiger partial charge in [-0.3, -0.25) is 0 Å². The lowest BCUT2D eigenvalue weighted by atomic mass is 9.84. The predicted octanol–water partition coefficient (Wildman–Crippen LogP) is 0.425. The summed E-state index contributed by atoms with van der Waals surface area (Å²) in [5.41, 5.74) is 0. The minimum Gasteiger partial charge on any atom is -0.427 e. The summed E-state index contributed by atoms with van der Waals surface area (Å²) in [5, 5.41) is 16.6. The Labute approximate surface area is 50.0 Å². The van der Waals surface area contributed by atoms with Crippen LogP contribution in [0.4, 0.5) is 0 Å². The molecule has 0 aromatic carbocycles. The van der Waals surface area contributed by atoms with Crippen LogP contribution in [0.15, 0.2) is 12.2 Å². The Hall–Kier alpha value is -0.275. The van der Waals surface area contributed by atoms with Crippen molar-refractivity contribution in [3.05, 3.63) is 12.2 Å². The summed E-state index contributed by atoms with van der Waals surface area (Å²) in [6.45, 7) is 1.91. The molecule has 46 valence electrons. The average molecular weight is 114 g/mol. The zero-order valence-corrected chi connectivity index (χ0v) is 5.04. The van der Waals surface area contributed by atoms with Gasteiger partial charge in [-0.05, 0) is 19.7 Å². The standard InChI is InChI=1S/C5H11BO2/c1-2-3-4-5-6(7)8/h2-3,7-8H,4-5H2,1H3/b3-2-. The van der Waals surface area contributed by atoms with Crippen molar-refractivity contribution in [3.8, 4) is 0 Å². The van der Waals surface area contributed by atoms with Crippen molar-refractivity contribution in [1.82, 2.24) is 0 Å². The first-order valence-corrected chi connectivity index (χ1v) is 2.74. The molecule has 0 saturated heterocycles. The van der Waals surface area contributed by atoms with Crippen LogP contribution in [0, 0.1) is 0 Å².